The van der Waals surface area contributed by atoms with Crippen LogP contribution in [0.3, 0.4) is 0 Å². The van der Waals surface area contributed by atoms with Crippen molar-refractivity contribution in [1.82, 2.24) is 5.32 Å². The third-order valence-corrected chi connectivity index (χ3v) is 2.74. The molecular formula is C11H12F3NO3. The molecule has 4 nitrogen and oxygen atoms in total. The number of hydrogen-bond donors (Lipinski definition) is 1. The first-order valence-corrected chi connectivity index (χ1v) is 5.49. The van der Waals surface area contributed by atoms with Gasteiger partial charge in [-0.1, -0.05) is 0 Å². The second-order valence-electron chi connectivity index (χ2n) is 4.10. The maximum Gasteiger partial charge on any atom is 0.450 e. The Morgan fingerprint density at radius 2 is 2.28 bits per heavy atom. The van der Waals surface area contributed by atoms with E-state index in [1.54, 1.807) is 0 Å². The zero-order valence-electron chi connectivity index (χ0n) is 9.42. The molecule has 1 aromatic heterocycles. The number of ether oxygens (including phenoxy) is 1. The summed E-state index contributed by atoms with van der Waals surface area (Å²) in [5, 5.41) is 2.46. The second kappa shape index (κ2) is 5.01. The number of rotatable bonds is 3. The highest BCUT2D eigenvalue weighted by Crippen LogP contribution is 2.32. The van der Waals surface area contributed by atoms with Crippen LogP contribution in [-0.2, 0) is 10.9 Å². The third kappa shape index (κ3) is 2.84. The van der Waals surface area contributed by atoms with E-state index in [4.69, 9.17) is 4.74 Å². The highest BCUT2D eigenvalue weighted by atomic mass is 19.4. The van der Waals surface area contributed by atoms with Crippen LogP contribution >= 0.6 is 0 Å². The Kier molecular flexibility index (Phi) is 3.60. The monoisotopic (exact) mass is 263 g/mol. The normalized spacial score (nSPS) is 20.1. The van der Waals surface area contributed by atoms with Crippen LogP contribution in [0.2, 0.25) is 0 Å². The van der Waals surface area contributed by atoms with Gasteiger partial charge in [0.1, 0.15) is 0 Å². The van der Waals surface area contributed by atoms with Crippen molar-refractivity contribution in [3.63, 3.8) is 0 Å². The van der Waals surface area contributed by atoms with Crippen LogP contribution in [0, 0.1) is 5.92 Å². The lowest BCUT2D eigenvalue weighted by Gasteiger charge is -2.10. The molecule has 0 radical (unpaired) electrons. The molecule has 1 aromatic rings. The average Bonchev–Trinajstić information content (AvgIpc) is 2.95. The van der Waals surface area contributed by atoms with Crippen LogP contribution in [0.1, 0.15) is 22.5 Å². The SMILES string of the molecule is O=C(NC[C@@H]1CCOC1)c1ccoc1C(F)(F)F. The molecule has 0 saturated carbocycles. The molecule has 18 heavy (non-hydrogen) atoms. The molecule has 0 spiro atoms. The minimum Gasteiger partial charge on any atom is -0.459 e. The standard InChI is InChI=1S/C11H12F3NO3/c12-11(13,14)9-8(2-4-18-9)10(16)15-5-7-1-3-17-6-7/h2,4,7H,1,3,5-6H2,(H,15,16)/t7-/m0/s1. The maximum atomic E-state index is 12.5. The minimum atomic E-state index is -4.66. The Balaban J connectivity index is 1.98. The molecule has 1 atom stereocenters. The number of hydrogen-bond acceptors (Lipinski definition) is 3. The van der Waals surface area contributed by atoms with Crippen LogP contribution in [0.25, 0.3) is 0 Å². The lowest BCUT2D eigenvalue weighted by molar-refractivity contribution is -0.153. The number of nitrogens with one attached hydrogen (secondary N) is 1. The molecule has 1 aliphatic rings. The van der Waals surface area contributed by atoms with Crippen LogP contribution in [-0.4, -0.2) is 25.7 Å². The predicted octanol–water partition coefficient (Wildman–Crippen LogP) is 2.06. The van der Waals surface area contributed by atoms with Gasteiger partial charge in [-0.15, -0.1) is 0 Å². The van der Waals surface area contributed by atoms with Gasteiger partial charge < -0.3 is 14.5 Å². The van der Waals surface area contributed by atoms with Crippen molar-refractivity contribution >= 4 is 5.91 Å². The molecule has 0 bridgehead atoms. The van der Waals surface area contributed by atoms with E-state index in [1.165, 1.54) is 0 Å². The second-order valence-corrected chi connectivity index (χ2v) is 4.10. The Morgan fingerprint density at radius 1 is 1.50 bits per heavy atom. The Labute approximate surface area is 101 Å². The summed E-state index contributed by atoms with van der Waals surface area (Å²) < 4.78 is 46.9. The van der Waals surface area contributed by atoms with Crippen molar-refractivity contribution in [1.29, 1.82) is 0 Å². The van der Waals surface area contributed by atoms with Gasteiger partial charge in [0.15, 0.2) is 0 Å². The number of halogens is 3. The van der Waals surface area contributed by atoms with E-state index >= 15 is 0 Å². The molecule has 100 valence electrons. The zero-order valence-corrected chi connectivity index (χ0v) is 9.42. The van der Waals surface area contributed by atoms with Crippen molar-refractivity contribution in [2.45, 2.75) is 12.6 Å². The summed E-state index contributed by atoms with van der Waals surface area (Å²) in [6.45, 7) is 1.46. The fourth-order valence-electron chi connectivity index (χ4n) is 1.78. The van der Waals surface area contributed by atoms with Crippen molar-refractivity contribution < 1.29 is 27.1 Å². The van der Waals surface area contributed by atoms with Gasteiger partial charge in [0.2, 0.25) is 5.76 Å². The lowest BCUT2D eigenvalue weighted by atomic mass is 10.1. The molecule has 0 aliphatic carbocycles. The summed E-state index contributed by atoms with van der Waals surface area (Å²) in [6, 6.07) is 1.02. The van der Waals surface area contributed by atoms with Gasteiger partial charge >= 0.3 is 6.18 Å². The van der Waals surface area contributed by atoms with E-state index in [0.29, 0.717) is 19.8 Å². The van der Waals surface area contributed by atoms with Crippen LogP contribution < -0.4 is 5.32 Å². The number of carbonyl (C=O) groups excluding carboxylic acids is 1. The molecule has 1 aliphatic heterocycles. The summed E-state index contributed by atoms with van der Waals surface area (Å²) in [4.78, 5) is 11.6. The molecular weight excluding hydrogens is 251 g/mol. The lowest BCUT2D eigenvalue weighted by Crippen LogP contribution is -2.30. The summed E-state index contributed by atoms with van der Waals surface area (Å²) >= 11 is 0. The highest BCUT2D eigenvalue weighted by molar-refractivity contribution is 5.95. The van der Waals surface area contributed by atoms with Gasteiger partial charge in [0, 0.05) is 19.1 Å². The summed E-state index contributed by atoms with van der Waals surface area (Å²) in [6.07, 6.45) is -3.00. The van der Waals surface area contributed by atoms with Gasteiger partial charge in [-0.05, 0) is 12.5 Å². The topological polar surface area (TPSA) is 51.5 Å². The smallest absolute Gasteiger partial charge is 0.450 e. The van der Waals surface area contributed by atoms with Crippen LogP contribution in [0.4, 0.5) is 13.2 Å². The van der Waals surface area contributed by atoms with E-state index < -0.39 is 23.4 Å². The van der Waals surface area contributed by atoms with E-state index in [0.717, 1.165) is 18.8 Å². The number of carbonyl (C=O) groups is 1. The number of amides is 1. The molecule has 7 heteroatoms. The quantitative estimate of drug-likeness (QED) is 0.908. The number of alkyl halides is 3. The van der Waals surface area contributed by atoms with Gasteiger partial charge in [0.05, 0.1) is 18.4 Å². The molecule has 1 fully saturated rings. The molecule has 1 N–H and O–H groups in total. The Bertz CT molecular complexity index is 421. The molecule has 0 unspecified atom stereocenters. The van der Waals surface area contributed by atoms with E-state index in [1.807, 2.05) is 0 Å². The highest BCUT2D eigenvalue weighted by Gasteiger charge is 2.39. The van der Waals surface area contributed by atoms with Crippen molar-refractivity contribution in [3.05, 3.63) is 23.7 Å². The van der Waals surface area contributed by atoms with Crippen LogP contribution in [0.5, 0.6) is 0 Å². The first-order valence-electron chi connectivity index (χ1n) is 5.49. The fraction of sp³-hybridized carbons (Fsp3) is 0.545. The molecule has 0 aromatic carbocycles. The van der Waals surface area contributed by atoms with Crippen molar-refractivity contribution in [3.8, 4) is 0 Å². The van der Waals surface area contributed by atoms with Gasteiger partial charge in [0.25, 0.3) is 5.91 Å². The summed E-state index contributed by atoms with van der Waals surface area (Å²) in [5.74, 6) is -1.87. The molecule has 2 rings (SSSR count). The Morgan fingerprint density at radius 3 is 2.89 bits per heavy atom. The first kappa shape index (κ1) is 12.9. The van der Waals surface area contributed by atoms with E-state index in [-0.39, 0.29) is 5.92 Å². The molecule has 1 saturated heterocycles. The van der Waals surface area contributed by atoms with E-state index in [2.05, 4.69) is 9.73 Å². The zero-order chi connectivity index (χ0) is 13.2. The average molecular weight is 263 g/mol. The number of furan rings is 1. The maximum absolute atomic E-state index is 12.5. The van der Waals surface area contributed by atoms with E-state index in [9.17, 15) is 18.0 Å². The van der Waals surface area contributed by atoms with Gasteiger partial charge in [-0.25, -0.2) is 0 Å². The molecule has 1 amide bonds. The Hall–Kier alpha value is -1.50. The van der Waals surface area contributed by atoms with Crippen LogP contribution in [0.15, 0.2) is 16.7 Å². The summed E-state index contributed by atoms with van der Waals surface area (Å²) in [5.41, 5.74) is -0.485. The summed E-state index contributed by atoms with van der Waals surface area (Å²) in [7, 11) is 0. The van der Waals surface area contributed by atoms with Gasteiger partial charge in [-0.3, -0.25) is 4.79 Å². The fourth-order valence-corrected chi connectivity index (χ4v) is 1.78. The third-order valence-electron chi connectivity index (χ3n) is 2.74. The largest absolute Gasteiger partial charge is 0.459 e. The van der Waals surface area contributed by atoms with Crippen molar-refractivity contribution in [2.24, 2.45) is 5.92 Å². The molecule has 2 heterocycles. The van der Waals surface area contributed by atoms with Crippen molar-refractivity contribution in [2.75, 3.05) is 19.8 Å². The first-order chi connectivity index (χ1) is 8.48. The predicted molar refractivity (Wildman–Crippen MR) is 55.0 cm³/mol. The minimum absolute atomic E-state index is 0.162. The van der Waals surface area contributed by atoms with Gasteiger partial charge in [-0.2, -0.15) is 13.2 Å².